The van der Waals surface area contributed by atoms with Gasteiger partial charge in [0.2, 0.25) is 0 Å². The molecular weight excluding hydrogens is 328 g/mol. The van der Waals surface area contributed by atoms with E-state index in [1.54, 1.807) is 32.9 Å². The summed E-state index contributed by atoms with van der Waals surface area (Å²) in [5, 5.41) is 4.45. The van der Waals surface area contributed by atoms with E-state index >= 15 is 0 Å². The maximum absolute atomic E-state index is 5.45. The molecular formula is C20H18N4O2. The lowest BCUT2D eigenvalue weighted by molar-refractivity contribution is 0.415. The number of aromatic nitrogens is 3. The van der Waals surface area contributed by atoms with Crippen LogP contribution in [0.2, 0.25) is 0 Å². The van der Waals surface area contributed by atoms with Gasteiger partial charge >= 0.3 is 0 Å². The number of methoxy groups -OCH3 is 2. The van der Waals surface area contributed by atoms with E-state index in [0.29, 0.717) is 0 Å². The van der Waals surface area contributed by atoms with Crippen molar-refractivity contribution < 1.29 is 9.47 Å². The van der Waals surface area contributed by atoms with E-state index < -0.39 is 0 Å². The number of ether oxygens (including phenoxy) is 2. The van der Waals surface area contributed by atoms with Gasteiger partial charge in [0.1, 0.15) is 11.5 Å². The fraction of sp³-hybridized carbons (Fsp3) is 0.100. The number of hydrogen-bond donors (Lipinski definition) is 1. The Morgan fingerprint density at radius 1 is 0.923 bits per heavy atom. The summed E-state index contributed by atoms with van der Waals surface area (Å²) in [6.07, 6.45) is 7.18. The van der Waals surface area contributed by atoms with Crippen molar-refractivity contribution in [2.75, 3.05) is 19.5 Å². The summed E-state index contributed by atoms with van der Waals surface area (Å²) in [6, 6.07) is 13.7. The molecule has 0 atom stereocenters. The van der Waals surface area contributed by atoms with E-state index in [1.165, 1.54) is 0 Å². The molecule has 0 amide bonds. The predicted molar refractivity (Wildman–Crippen MR) is 102 cm³/mol. The molecule has 0 aliphatic heterocycles. The fourth-order valence-electron chi connectivity index (χ4n) is 2.85. The number of benzene rings is 2. The highest BCUT2D eigenvalue weighted by atomic mass is 16.5. The van der Waals surface area contributed by atoms with Gasteiger partial charge in [-0.05, 0) is 30.3 Å². The number of imidazole rings is 1. The van der Waals surface area contributed by atoms with E-state index in [-0.39, 0.29) is 0 Å². The Kier molecular flexibility index (Phi) is 4.15. The van der Waals surface area contributed by atoms with Gasteiger partial charge in [0.05, 0.1) is 31.8 Å². The van der Waals surface area contributed by atoms with Gasteiger partial charge in [-0.2, -0.15) is 0 Å². The van der Waals surface area contributed by atoms with Crippen LogP contribution in [0.4, 0.5) is 11.4 Å². The van der Waals surface area contributed by atoms with Crippen LogP contribution in [0.1, 0.15) is 0 Å². The minimum Gasteiger partial charge on any atom is -0.497 e. The topological polar surface area (TPSA) is 61.2 Å². The number of nitrogens with one attached hydrogen (secondary N) is 1. The van der Waals surface area contributed by atoms with Crippen LogP contribution in [0.15, 0.2) is 67.4 Å². The quantitative estimate of drug-likeness (QED) is 0.587. The van der Waals surface area contributed by atoms with Gasteiger partial charge in [0, 0.05) is 47.5 Å². The van der Waals surface area contributed by atoms with Crippen molar-refractivity contribution in [1.82, 2.24) is 14.5 Å². The van der Waals surface area contributed by atoms with Crippen LogP contribution in [0.25, 0.3) is 16.6 Å². The second-order valence-electron chi connectivity index (χ2n) is 5.76. The Morgan fingerprint density at radius 2 is 1.81 bits per heavy atom. The number of pyridine rings is 1. The molecule has 0 radical (unpaired) electrons. The van der Waals surface area contributed by atoms with Crippen LogP contribution < -0.4 is 14.8 Å². The lowest BCUT2D eigenvalue weighted by Crippen LogP contribution is -1.97. The molecule has 0 saturated carbocycles. The Morgan fingerprint density at radius 3 is 2.58 bits per heavy atom. The van der Waals surface area contributed by atoms with Gasteiger partial charge in [0.25, 0.3) is 0 Å². The molecule has 1 N–H and O–H groups in total. The minimum absolute atomic E-state index is 0.759. The molecule has 0 fully saturated rings. The molecule has 0 aliphatic carbocycles. The second kappa shape index (κ2) is 6.76. The molecule has 4 aromatic rings. The molecule has 0 saturated heterocycles. The number of nitrogens with zero attached hydrogens (tertiary/aromatic N) is 3. The summed E-state index contributed by atoms with van der Waals surface area (Å²) in [7, 11) is 3.31. The molecule has 2 heterocycles. The summed E-state index contributed by atoms with van der Waals surface area (Å²) in [6.45, 7) is 0. The van der Waals surface area contributed by atoms with Crippen molar-refractivity contribution in [1.29, 1.82) is 0 Å². The highest BCUT2D eigenvalue weighted by molar-refractivity contribution is 5.93. The van der Waals surface area contributed by atoms with E-state index in [1.807, 2.05) is 53.2 Å². The van der Waals surface area contributed by atoms with Gasteiger partial charge in [-0.15, -0.1) is 0 Å². The lowest BCUT2D eigenvalue weighted by atomic mass is 10.1. The van der Waals surface area contributed by atoms with E-state index in [4.69, 9.17) is 9.47 Å². The summed E-state index contributed by atoms with van der Waals surface area (Å²) >= 11 is 0. The third-order valence-corrected chi connectivity index (χ3v) is 4.16. The molecule has 0 unspecified atom stereocenters. The van der Waals surface area contributed by atoms with Crippen molar-refractivity contribution in [3.8, 4) is 17.2 Å². The SMILES string of the molecule is COc1cc(Nc2ccnc3ccc(OC)cc23)cc(-n2ccnc2)c1. The first-order valence-electron chi connectivity index (χ1n) is 8.14. The molecule has 26 heavy (non-hydrogen) atoms. The minimum atomic E-state index is 0.759. The van der Waals surface area contributed by atoms with Crippen LogP contribution in [-0.4, -0.2) is 28.8 Å². The summed E-state index contributed by atoms with van der Waals surface area (Å²) in [5.74, 6) is 1.55. The third-order valence-electron chi connectivity index (χ3n) is 4.16. The highest BCUT2D eigenvalue weighted by Gasteiger charge is 2.07. The maximum Gasteiger partial charge on any atom is 0.123 e. The number of anilines is 2. The maximum atomic E-state index is 5.45. The molecule has 130 valence electrons. The molecule has 0 bridgehead atoms. The van der Waals surface area contributed by atoms with E-state index in [9.17, 15) is 0 Å². The van der Waals surface area contributed by atoms with Crippen LogP contribution in [0.3, 0.4) is 0 Å². The fourth-order valence-corrected chi connectivity index (χ4v) is 2.85. The zero-order valence-corrected chi connectivity index (χ0v) is 14.5. The number of fused-ring (bicyclic) bond motifs is 1. The highest BCUT2D eigenvalue weighted by Crippen LogP contribution is 2.31. The first kappa shape index (κ1) is 16.0. The van der Waals surface area contributed by atoms with Gasteiger partial charge in [-0.1, -0.05) is 0 Å². The molecule has 0 aliphatic rings. The van der Waals surface area contributed by atoms with Crippen LogP contribution in [0, 0.1) is 0 Å². The van der Waals surface area contributed by atoms with Crippen LogP contribution in [0.5, 0.6) is 11.5 Å². The zero-order valence-electron chi connectivity index (χ0n) is 14.5. The first-order valence-corrected chi connectivity index (χ1v) is 8.14. The Bertz CT molecular complexity index is 1050. The zero-order chi connectivity index (χ0) is 17.9. The Hall–Kier alpha value is -3.54. The summed E-state index contributed by atoms with van der Waals surface area (Å²) < 4.78 is 12.7. The second-order valence-corrected chi connectivity index (χ2v) is 5.76. The van der Waals surface area contributed by atoms with Crippen LogP contribution in [-0.2, 0) is 0 Å². The van der Waals surface area contributed by atoms with Gasteiger partial charge in [0.15, 0.2) is 0 Å². The van der Waals surface area contributed by atoms with Crippen molar-refractivity contribution in [2.24, 2.45) is 0 Å². The van der Waals surface area contributed by atoms with Crippen molar-refractivity contribution in [2.45, 2.75) is 0 Å². The Labute approximate surface area is 151 Å². The van der Waals surface area contributed by atoms with Crippen molar-refractivity contribution in [3.05, 3.63) is 67.4 Å². The Balaban J connectivity index is 1.77. The normalized spacial score (nSPS) is 10.7. The van der Waals surface area contributed by atoms with Crippen molar-refractivity contribution in [3.63, 3.8) is 0 Å². The average molecular weight is 346 g/mol. The van der Waals surface area contributed by atoms with Gasteiger partial charge < -0.3 is 19.4 Å². The molecule has 2 aromatic carbocycles. The number of rotatable bonds is 5. The largest absolute Gasteiger partial charge is 0.497 e. The molecule has 4 rings (SSSR count). The predicted octanol–water partition coefficient (Wildman–Crippen LogP) is 4.18. The average Bonchev–Trinajstić information content (AvgIpc) is 3.22. The molecule has 6 nitrogen and oxygen atoms in total. The van der Waals surface area contributed by atoms with E-state index in [2.05, 4.69) is 15.3 Å². The number of hydrogen-bond acceptors (Lipinski definition) is 5. The molecule has 2 aromatic heterocycles. The first-order chi connectivity index (χ1) is 12.8. The third kappa shape index (κ3) is 3.04. The summed E-state index contributed by atoms with van der Waals surface area (Å²) in [4.78, 5) is 8.53. The summed E-state index contributed by atoms with van der Waals surface area (Å²) in [5.41, 5.74) is 3.70. The van der Waals surface area contributed by atoms with Gasteiger partial charge in [-0.25, -0.2) is 4.98 Å². The molecule has 6 heteroatoms. The lowest BCUT2D eigenvalue weighted by Gasteiger charge is -2.13. The van der Waals surface area contributed by atoms with Gasteiger partial charge in [-0.3, -0.25) is 4.98 Å². The van der Waals surface area contributed by atoms with E-state index in [0.717, 1.165) is 39.5 Å². The standard InChI is InChI=1S/C20H18N4O2/c1-25-16-3-4-19-18(12-16)20(5-6-22-19)23-14-9-15(11-17(10-14)26-2)24-8-7-21-13-24/h3-13H,1-2H3,(H,22,23). The van der Waals surface area contributed by atoms with Crippen molar-refractivity contribution >= 4 is 22.3 Å². The monoisotopic (exact) mass is 346 g/mol. The smallest absolute Gasteiger partial charge is 0.123 e. The molecule has 0 spiro atoms. The van der Waals surface area contributed by atoms with Crippen LogP contribution >= 0.6 is 0 Å².